The number of nitrogens with two attached hydrogens (primary N) is 1. The van der Waals surface area contributed by atoms with Crippen LogP contribution in [-0.2, 0) is 6.54 Å². The number of pyridine rings is 1. The third-order valence-electron chi connectivity index (χ3n) is 3.28. The maximum absolute atomic E-state index is 6.17. The van der Waals surface area contributed by atoms with Gasteiger partial charge in [0.05, 0.1) is 11.2 Å². The molecule has 0 aliphatic heterocycles. The lowest BCUT2D eigenvalue weighted by atomic mass is 10.1. The third kappa shape index (κ3) is 2.96. The van der Waals surface area contributed by atoms with Gasteiger partial charge < -0.3 is 11.1 Å². The average molecular weight is 363 g/mol. The normalized spacial score (nSPS) is 10.8. The summed E-state index contributed by atoms with van der Waals surface area (Å²) in [6.45, 7) is 0.635. The van der Waals surface area contributed by atoms with E-state index in [4.69, 9.17) is 17.3 Å². The van der Waals surface area contributed by atoms with Gasteiger partial charge in [-0.15, -0.1) is 0 Å². The summed E-state index contributed by atoms with van der Waals surface area (Å²) in [5, 5.41) is 5.05. The predicted molar refractivity (Wildman–Crippen MR) is 92.6 cm³/mol. The summed E-state index contributed by atoms with van der Waals surface area (Å²) in [6, 6.07) is 13.6. The Hall–Kier alpha value is -1.78. The molecule has 3 N–H and O–H groups in total. The van der Waals surface area contributed by atoms with Gasteiger partial charge in [0.15, 0.2) is 0 Å². The fourth-order valence-electron chi connectivity index (χ4n) is 2.19. The Morgan fingerprint density at radius 2 is 2.00 bits per heavy atom. The number of aromatic nitrogens is 1. The molecule has 0 fully saturated rings. The number of fused-ring (bicyclic) bond motifs is 1. The van der Waals surface area contributed by atoms with Crippen LogP contribution in [0.1, 0.15) is 5.56 Å². The minimum Gasteiger partial charge on any atom is -0.398 e. The van der Waals surface area contributed by atoms with Crippen LogP contribution in [0, 0.1) is 0 Å². The molecule has 0 amide bonds. The molecule has 5 heteroatoms. The Morgan fingerprint density at radius 1 is 1.19 bits per heavy atom. The second-order valence-electron chi connectivity index (χ2n) is 4.70. The standard InChI is InChI=1S/C16H13BrClN3/c17-11-7-12-14(19)5-6-15(16(12)21-9-11)20-8-10-3-1-2-4-13(10)18/h1-7,9,20H,8,19H2. The molecule has 106 valence electrons. The minimum absolute atomic E-state index is 0.635. The zero-order chi connectivity index (χ0) is 14.8. The van der Waals surface area contributed by atoms with Crippen LogP contribution in [0.4, 0.5) is 11.4 Å². The van der Waals surface area contributed by atoms with Crippen molar-refractivity contribution in [1.82, 2.24) is 4.98 Å². The molecule has 1 heterocycles. The highest BCUT2D eigenvalue weighted by Crippen LogP contribution is 2.29. The van der Waals surface area contributed by atoms with E-state index in [0.29, 0.717) is 12.2 Å². The van der Waals surface area contributed by atoms with Gasteiger partial charge in [-0.3, -0.25) is 4.98 Å². The first kappa shape index (κ1) is 14.2. The molecule has 0 spiro atoms. The van der Waals surface area contributed by atoms with E-state index in [9.17, 15) is 0 Å². The zero-order valence-electron chi connectivity index (χ0n) is 11.1. The predicted octanol–water partition coefficient (Wildman–Crippen LogP) is 4.85. The lowest BCUT2D eigenvalue weighted by molar-refractivity contribution is 1.15. The van der Waals surface area contributed by atoms with Gasteiger partial charge in [0.25, 0.3) is 0 Å². The van der Waals surface area contributed by atoms with Gasteiger partial charge in [-0.25, -0.2) is 0 Å². The molecule has 3 nitrogen and oxygen atoms in total. The molecular formula is C16H13BrClN3. The fourth-order valence-corrected chi connectivity index (χ4v) is 2.72. The molecule has 0 saturated heterocycles. The Labute approximate surface area is 136 Å². The van der Waals surface area contributed by atoms with E-state index in [1.165, 1.54) is 0 Å². The largest absolute Gasteiger partial charge is 0.398 e. The van der Waals surface area contributed by atoms with Crippen molar-refractivity contribution in [2.45, 2.75) is 6.54 Å². The minimum atomic E-state index is 0.635. The van der Waals surface area contributed by atoms with Gasteiger partial charge in [0.1, 0.15) is 0 Å². The van der Waals surface area contributed by atoms with Gasteiger partial charge in [0.2, 0.25) is 0 Å². The van der Waals surface area contributed by atoms with Crippen LogP contribution in [0.25, 0.3) is 10.9 Å². The molecule has 0 saturated carbocycles. The van der Waals surface area contributed by atoms with E-state index < -0.39 is 0 Å². The molecule has 0 unspecified atom stereocenters. The lowest BCUT2D eigenvalue weighted by Gasteiger charge is -2.11. The Kier molecular flexibility index (Phi) is 3.99. The molecule has 2 aromatic carbocycles. The van der Waals surface area contributed by atoms with Crippen LogP contribution in [0.3, 0.4) is 0 Å². The average Bonchev–Trinajstić information content (AvgIpc) is 2.48. The van der Waals surface area contributed by atoms with E-state index in [2.05, 4.69) is 26.2 Å². The first-order valence-corrected chi connectivity index (χ1v) is 7.63. The molecule has 21 heavy (non-hydrogen) atoms. The molecule has 3 rings (SSSR count). The fraction of sp³-hybridized carbons (Fsp3) is 0.0625. The Morgan fingerprint density at radius 3 is 2.81 bits per heavy atom. The molecule has 0 aliphatic rings. The number of hydrogen-bond donors (Lipinski definition) is 2. The highest BCUT2D eigenvalue weighted by atomic mass is 79.9. The van der Waals surface area contributed by atoms with Crippen molar-refractivity contribution in [1.29, 1.82) is 0 Å². The van der Waals surface area contributed by atoms with Crippen LogP contribution in [0.2, 0.25) is 5.02 Å². The first-order valence-electron chi connectivity index (χ1n) is 6.46. The van der Waals surface area contributed by atoms with Crippen molar-refractivity contribution in [3.8, 4) is 0 Å². The quantitative estimate of drug-likeness (QED) is 0.655. The summed E-state index contributed by atoms with van der Waals surface area (Å²) < 4.78 is 0.907. The van der Waals surface area contributed by atoms with E-state index in [0.717, 1.165) is 31.6 Å². The van der Waals surface area contributed by atoms with Gasteiger partial charge >= 0.3 is 0 Å². The smallest absolute Gasteiger partial charge is 0.0954 e. The van der Waals surface area contributed by atoms with Gasteiger partial charge in [-0.1, -0.05) is 29.8 Å². The van der Waals surface area contributed by atoms with Crippen LogP contribution in [0.15, 0.2) is 53.1 Å². The monoisotopic (exact) mass is 361 g/mol. The number of nitrogen functional groups attached to an aromatic ring is 1. The topological polar surface area (TPSA) is 50.9 Å². The zero-order valence-corrected chi connectivity index (χ0v) is 13.4. The number of rotatable bonds is 3. The van der Waals surface area contributed by atoms with E-state index in [1.807, 2.05) is 42.5 Å². The van der Waals surface area contributed by atoms with Crippen molar-refractivity contribution in [2.75, 3.05) is 11.1 Å². The summed E-state index contributed by atoms with van der Waals surface area (Å²) in [5.41, 5.74) is 9.56. The SMILES string of the molecule is Nc1ccc(NCc2ccccc2Cl)c2ncc(Br)cc12. The van der Waals surface area contributed by atoms with Gasteiger partial charge in [-0.2, -0.15) is 0 Å². The lowest BCUT2D eigenvalue weighted by Crippen LogP contribution is -2.02. The summed E-state index contributed by atoms with van der Waals surface area (Å²) in [5.74, 6) is 0. The van der Waals surface area contributed by atoms with Crippen LogP contribution in [0.5, 0.6) is 0 Å². The van der Waals surface area contributed by atoms with Crippen LogP contribution in [-0.4, -0.2) is 4.98 Å². The van der Waals surface area contributed by atoms with Crippen LogP contribution >= 0.6 is 27.5 Å². The number of halogens is 2. The van der Waals surface area contributed by atoms with Gasteiger partial charge in [-0.05, 0) is 45.8 Å². The second kappa shape index (κ2) is 5.92. The van der Waals surface area contributed by atoms with E-state index in [1.54, 1.807) is 6.20 Å². The number of anilines is 2. The maximum atomic E-state index is 6.17. The van der Waals surface area contributed by atoms with Crippen molar-refractivity contribution >= 4 is 49.8 Å². The maximum Gasteiger partial charge on any atom is 0.0954 e. The summed E-state index contributed by atoms with van der Waals surface area (Å²) in [4.78, 5) is 4.45. The number of benzene rings is 2. The highest BCUT2D eigenvalue weighted by molar-refractivity contribution is 9.10. The molecule has 0 bridgehead atoms. The first-order chi connectivity index (χ1) is 10.1. The van der Waals surface area contributed by atoms with Gasteiger partial charge in [0, 0.05) is 33.3 Å². The highest BCUT2D eigenvalue weighted by Gasteiger charge is 2.07. The van der Waals surface area contributed by atoms with Crippen molar-refractivity contribution in [2.24, 2.45) is 0 Å². The summed E-state index contributed by atoms with van der Waals surface area (Å²) in [6.07, 6.45) is 1.77. The van der Waals surface area contributed by atoms with Crippen LogP contribution < -0.4 is 11.1 Å². The molecule has 0 radical (unpaired) electrons. The number of hydrogen-bond acceptors (Lipinski definition) is 3. The second-order valence-corrected chi connectivity index (χ2v) is 6.02. The molecule has 3 aromatic rings. The Bertz CT molecular complexity index is 805. The molecule has 0 aliphatic carbocycles. The number of nitrogens with one attached hydrogen (secondary N) is 1. The van der Waals surface area contributed by atoms with E-state index >= 15 is 0 Å². The number of nitrogens with zero attached hydrogens (tertiary/aromatic N) is 1. The molecule has 1 aromatic heterocycles. The molecule has 0 atom stereocenters. The summed E-state index contributed by atoms with van der Waals surface area (Å²) in [7, 11) is 0. The summed E-state index contributed by atoms with van der Waals surface area (Å²) >= 11 is 9.59. The van der Waals surface area contributed by atoms with Crippen molar-refractivity contribution in [3.05, 3.63) is 63.7 Å². The van der Waals surface area contributed by atoms with Crippen molar-refractivity contribution < 1.29 is 0 Å². The molecular weight excluding hydrogens is 350 g/mol. The Balaban J connectivity index is 1.95. The van der Waals surface area contributed by atoms with Crippen molar-refractivity contribution in [3.63, 3.8) is 0 Å². The third-order valence-corrected chi connectivity index (χ3v) is 4.08. The van der Waals surface area contributed by atoms with E-state index in [-0.39, 0.29) is 0 Å².